The predicted octanol–water partition coefficient (Wildman–Crippen LogP) is 4.50. The van der Waals surface area contributed by atoms with Crippen LogP contribution < -0.4 is 20.3 Å². The van der Waals surface area contributed by atoms with Gasteiger partial charge in [-0.2, -0.15) is 8.42 Å². The van der Waals surface area contributed by atoms with Gasteiger partial charge in [-0.05, 0) is 107 Å². The molecule has 4 bridgehead atoms. The van der Waals surface area contributed by atoms with Crippen molar-refractivity contribution >= 4 is 45.9 Å². The van der Waals surface area contributed by atoms with Gasteiger partial charge in [-0.15, -0.1) is 12.4 Å². The van der Waals surface area contributed by atoms with Gasteiger partial charge in [0.25, 0.3) is 15.9 Å². The van der Waals surface area contributed by atoms with Crippen molar-refractivity contribution in [2.24, 2.45) is 11.3 Å². The summed E-state index contributed by atoms with van der Waals surface area (Å²) in [7, 11) is -2.60. The Morgan fingerprint density at radius 3 is 2.46 bits per heavy atom. The molecule has 1 spiro atoms. The number of nitrogens with one attached hydrogen (secondary N) is 3. The maximum atomic E-state index is 13.9. The molecule has 50 heavy (non-hydrogen) atoms. The van der Waals surface area contributed by atoms with E-state index in [2.05, 4.69) is 64.8 Å². The molecule has 4 aliphatic rings. The van der Waals surface area contributed by atoms with E-state index in [4.69, 9.17) is 9.72 Å². The van der Waals surface area contributed by atoms with Crippen molar-refractivity contribution in [2.75, 3.05) is 50.1 Å². The lowest BCUT2D eigenvalue weighted by Crippen LogP contribution is -2.57. The highest BCUT2D eigenvalue weighted by atomic mass is 35.5. The second-order valence-corrected chi connectivity index (χ2v) is 18.0. The minimum absolute atomic E-state index is 0. The molecule has 2 atom stereocenters. The van der Waals surface area contributed by atoms with E-state index in [0.29, 0.717) is 24.2 Å². The lowest BCUT2D eigenvalue weighted by atomic mass is 9.60. The number of anilines is 2. The van der Waals surface area contributed by atoms with Crippen molar-refractivity contribution in [3.8, 4) is 0 Å². The molecule has 2 aromatic heterocycles. The van der Waals surface area contributed by atoms with E-state index in [1.807, 2.05) is 0 Å². The van der Waals surface area contributed by atoms with E-state index in [1.54, 1.807) is 31.4 Å². The van der Waals surface area contributed by atoms with E-state index in [0.717, 1.165) is 70.5 Å². The van der Waals surface area contributed by atoms with Gasteiger partial charge in [0.1, 0.15) is 17.7 Å². The number of pyridine rings is 2. The Kier molecular flexibility index (Phi) is 11.1. The SMILES string of the molecule is COCCN1CCC2(CC1)CC(NC(=O)C1CC[C@@H]3CN(c4nc(C(C)(C)C)ccc4C(=O)NS(=O)(=O)c4cccc(n4)N1)C(C)(C)C3)C2.Cl. The van der Waals surface area contributed by atoms with Crippen LogP contribution in [0.2, 0.25) is 0 Å². The molecule has 2 amide bonds. The summed E-state index contributed by atoms with van der Waals surface area (Å²) in [4.78, 5) is 41.5. The van der Waals surface area contributed by atoms with Gasteiger partial charge in [-0.3, -0.25) is 9.59 Å². The number of sulfonamides is 1. The molecular formula is C36H54ClN7O5S. The van der Waals surface area contributed by atoms with Gasteiger partial charge in [-0.25, -0.2) is 14.7 Å². The smallest absolute Gasteiger partial charge is 0.281 e. The van der Waals surface area contributed by atoms with Gasteiger partial charge in [-0.1, -0.05) is 26.8 Å². The minimum Gasteiger partial charge on any atom is -0.383 e. The minimum atomic E-state index is -4.34. The van der Waals surface area contributed by atoms with E-state index in [-0.39, 0.29) is 57.6 Å². The summed E-state index contributed by atoms with van der Waals surface area (Å²) in [6, 6.07) is 7.55. The summed E-state index contributed by atoms with van der Waals surface area (Å²) in [6.45, 7) is 14.9. The van der Waals surface area contributed by atoms with Gasteiger partial charge >= 0.3 is 0 Å². The average Bonchev–Trinajstić information content (AvgIpc) is 3.34. The largest absolute Gasteiger partial charge is 0.383 e. The molecule has 3 aliphatic heterocycles. The lowest BCUT2D eigenvalue weighted by molar-refractivity contribution is -0.125. The number of carbonyl (C=O) groups excluding carboxylic acids is 2. The summed E-state index contributed by atoms with van der Waals surface area (Å²) < 4.78 is 34.5. The first-order chi connectivity index (χ1) is 23.1. The zero-order valence-corrected chi connectivity index (χ0v) is 31.9. The zero-order valence-electron chi connectivity index (χ0n) is 30.3. The van der Waals surface area contributed by atoms with E-state index in [9.17, 15) is 18.0 Å². The van der Waals surface area contributed by atoms with Crippen LogP contribution in [0.15, 0.2) is 35.4 Å². The Morgan fingerprint density at radius 2 is 1.78 bits per heavy atom. The highest BCUT2D eigenvalue weighted by Gasteiger charge is 2.47. The number of hydrogen-bond donors (Lipinski definition) is 3. The Bertz CT molecular complexity index is 1660. The van der Waals surface area contributed by atoms with Crippen LogP contribution in [-0.2, 0) is 25.0 Å². The fourth-order valence-corrected chi connectivity index (χ4v) is 9.13. The summed E-state index contributed by atoms with van der Waals surface area (Å²) >= 11 is 0. The van der Waals surface area contributed by atoms with Gasteiger partial charge in [0, 0.05) is 42.9 Å². The molecule has 12 nitrogen and oxygen atoms in total. The normalized spacial score (nSPS) is 24.8. The van der Waals surface area contributed by atoms with Crippen LogP contribution in [0.25, 0.3) is 0 Å². The molecule has 1 saturated carbocycles. The van der Waals surface area contributed by atoms with Gasteiger partial charge < -0.3 is 25.2 Å². The molecule has 2 aromatic rings. The first-order valence-corrected chi connectivity index (χ1v) is 19.2. The molecular weight excluding hydrogens is 678 g/mol. The molecule has 14 heteroatoms. The monoisotopic (exact) mass is 731 g/mol. The molecule has 2 saturated heterocycles. The summed E-state index contributed by atoms with van der Waals surface area (Å²) in [5.74, 6) is 0.116. The van der Waals surface area contributed by atoms with Crippen molar-refractivity contribution in [1.29, 1.82) is 0 Å². The first kappa shape index (κ1) is 38.2. The van der Waals surface area contributed by atoms with Crippen LogP contribution in [0.5, 0.6) is 0 Å². The molecule has 276 valence electrons. The van der Waals surface area contributed by atoms with Crippen LogP contribution in [0.1, 0.15) is 95.6 Å². The van der Waals surface area contributed by atoms with Gasteiger partial charge in [0.15, 0.2) is 5.03 Å². The van der Waals surface area contributed by atoms with E-state index < -0.39 is 22.0 Å². The van der Waals surface area contributed by atoms with Gasteiger partial charge in [0.05, 0.1) is 12.2 Å². The third-order valence-electron chi connectivity index (χ3n) is 11.1. The molecule has 6 rings (SSSR count). The van der Waals surface area contributed by atoms with Crippen LogP contribution in [-0.4, -0.2) is 92.6 Å². The number of nitrogens with zero attached hydrogens (tertiary/aromatic N) is 4. The predicted molar refractivity (Wildman–Crippen MR) is 196 cm³/mol. The fraction of sp³-hybridized carbons (Fsp3) is 0.667. The molecule has 1 unspecified atom stereocenters. The highest BCUT2D eigenvalue weighted by molar-refractivity contribution is 7.90. The summed E-state index contributed by atoms with van der Waals surface area (Å²) in [6.07, 6.45) is 6.36. The standard InChI is InChI=1S/C36H53N7O5S.ClH/c1-34(2,3)28-13-11-26-31(39-28)43-23-24(20-35(43,4)5)10-12-27(38-29-8-7-9-30(40-29)49(46,47)41-32(26)44)33(45)37-25-21-36(22-25)14-16-42(17-15-36)18-19-48-6;/h7-9,11,13,24-25,27H,10,12,14-23H2,1-6H3,(H,37,45)(H,38,40)(H,41,44);1H/t24-,27?;/m0./s1. The molecule has 5 heterocycles. The van der Waals surface area contributed by atoms with Crippen molar-refractivity contribution in [3.05, 3.63) is 41.6 Å². The maximum Gasteiger partial charge on any atom is 0.281 e. The second kappa shape index (κ2) is 14.6. The van der Waals surface area contributed by atoms with Crippen molar-refractivity contribution < 1.29 is 22.7 Å². The van der Waals surface area contributed by atoms with Crippen LogP contribution in [0.4, 0.5) is 11.6 Å². The number of amides is 2. The average molecular weight is 732 g/mol. The Balaban J connectivity index is 0.00000486. The summed E-state index contributed by atoms with van der Waals surface area (Å²) in [5.41, 5.74) is 0.668. The highest BCUT2D eigenvalue weighted by Crippen LogP contribution is 2.49. The fourth-order valence-electron chi connectivity index (χ4n) is 8.20. The van der Waals surface area contributed by atoms with Crippen molar-refractivity contribution in [3.63, 3.8) is 0 Å². The number of rotatable bonds is 5. The van der Waals surface area contributed by atoms with Crippen LogP contribution in [0.3, 0.4) is 0 Å². The third-order valence-corrected chi connectivity index (χ3v) is 12.3. The number of likely N-dealkylation sites (tertiary alicyclic amines) is 1. The van der Waals surface area contributed by atoms with Gasteiger partial charge in [0.2, 0.25) is 5.91 Å². The zero-order chi connectivity index (χ0) is 35.2. The molecule has 1 aliphatic carbocycles. The number of piperidine rings is 1. The third kappa shape index (κ3) is 8.21. The molecule has 3 N–H and O–H groups in total. The molecule has 0 aromatic carbocycles. The number of aromatic nitrogens is 2. The maximum absolute atomic E-state index is 13.9. The first-order valence-electron chi connectivity index (χ1n) is 17.7. The van der Waals surface area contributed by atoms with Crippen LogP contribution in [0, 0.1) is 11.3 Å². The number of hydrogen-bond acceptors (Lipinski definition) is 10. The lowest BCUT2D eigenvalue weighted by Gasteiger charge is -2.52. The molecule has 0 radical (unpaired) electrons. The number of halogens is 1. The Morgan fingerprint density at radius 1 is 1.06 bits per heavy atom. The number of carbonyl (C=O) groups is 2. The Hall–Kier alpha value is -3.00. The van der Waals surface area contributed by atoms with E-state index >= 15 is 0 Å². The number of methoxy groups -OCH3 is 1. The quantitative estimate of drug-likeness (QED) is 0.402. The van der Waals surface area contributed by atoms with Crippen LogP contribution >= 0.6 is 12.4 Å². The summed E-state index contributed by atoms with van der Waals surface area (Å²) in [5, 5.41) is 6.27. The molecule has 3 fully saturated rings. The van der Waals surface area contributed by atoms with Crippen molar-refractivity contribution in [1.82, 2.24) is 24.9 Å². The number of ether oxygens (including phenoxy) is 1. The topological polar surface area (TPSA) is 146 Å². The van der Waals surface area contributed by atoms with E-state index in [1.165, 1.54) is 6.07 Å². The Labute approximate surface area is 303 Å². The van der Waals surface area contributed by atoms with Crippen molar-refractivity contribution in [2.45, 2.75) is 108 Å². The second-order valence-electron chi connectivity index (χ2n) is 16.3. The number of fused-ring (bicyclic) bond motifs is 6.